The first kappa shape index (κ1) is 31.9. The summed E-state index contributed by atoms with van der Waals surface area (Å²) in [5.41, 5.74) is 5.65. The smallest absolute Gasteiger partial charge is 0.141 e. The molecule has 9 heteroatoms. The molecule has 8 nitrogen and oxygen atoms in total. The SMILES string of the molecule is CCOc1cc(CN2CCC(Nc3ccnc(C)c3)CC2)cc(OCC)c1Cl.Cc1cc(NC2CCNCC2)ccn1. The van der Waals surface area contributed by atoms with Crippen LogP contribution in [0.3, 0.4) is 0 Å². The summed E-state index contributed by atoms with van der Waals surface area (Å²) in [5, 5.41) is 11.1. The molecular formula is C33H47ClN6O2. The fraction of sp³-hybridized carbons (Fsp3) is 0.515. The van der Waals surface area contributed by atoms with Crippen molar-refractivity contribution in [1.29, 1.82) is 0 Å². The molecule has 0 radical (unpaired) electrons. The van der Waals surface area contributed by atoms with E-state index < -0.39 is 0 Å². The lowest BCUT2D eigenvalue weighted by molar-refractivity contribution is 0.210. The van der Waals surface area contributed by atoms with E-state index >= 15 is 0 Å². The number of likely N-dealkylation sites (tertiary alicyclic amines) is 1. The van der Waals surface area contributed by atoms with E-state index in [-0.39, 0.29) is 0 Å². The first-order valence-corrected chi connectivity index (χ1v) is 15.7. The topological polar surface area (TPSA) is 83.6 Å². The van der Waals surface area contributed by atoms with Gasteiger partial charge >= 0.3 is 0 Å². The average molecular weight is 595 g/mol. The van der Waals surface area contributed by atoms with Gasteiger partial charge in [0.1, 0.15) is 16.5 Å². The van der Waals surface area contributed by atoms with Gasteiger partial charge in [-0.1, -0.05) is 11.6 Å². The van der Waals surface area contributed by atoms with Crippen molar-refractivity contribution >= 4 is 23.0 Å². The number of hydrogen-bond acceptors (Lipinski definition) is 8. The molecule has 0 spiro atoms. The van der Waals surface area contributed by atoms with Gasteiger partial charge in [-0.3, -0.25) is 14.9 Å². The number of pyridine rings is 2. The number of hydrogen-bond donors (Lipinski definition) is 3. The molecule has 5 rings (SSSR count). The van der Waals surface area contributed by atoms with Crippen LogP contribution in [0.15, 0.2) is 48.8 Å². The lowest BCUT2D eigenvalue weighted by atomic mass is 10.0. The van der Waals surface area contributed by atoms with Crippen LogP contribution in [0.2, 0.25) is 5.02 Å². The van der Waals surface area contributed by atoms with E-state index in [1.54, 1.807) is 0 Å². The van der Waals surface area contributed by atoms with Gasteiger partial charge in [-0.2, -0.15) is 0 Å². The van der Waals surface area contributed by atoms with E-state index in [0.717, 1.165) is 62.6 Å². The molecule has 228 valence electrons. The third-order valence-corrected chi connectivity index (χ3v) is 7.91. The van der Waals surface area contributed by atoms with Crippen molar-refractivity contribution in [1.82, 2.24) is 20.2 Å². The van der Waals surface area contributed by atoms with E-state index in [2.05, 4.69) is 43.0 Å². The maximum absolute atomic E-state index is 6.41. The van der Waals surface area contributed by atoms with E-state index in [9.17, 15) is 0 Å². The summed E-state index contributed by atoms with van der Waals surface area (Å²) >= 11 is 6.41. The Kier molecular flexibility index (Phi) is 12.5. The second-order valence-electron chi connectivity index (χ2n) is 11.0. The van der Waals surface area contributed by atoms with Crippen molar-refractivity contribution in [3.63, 3.8) is 0 Å². The highest BCUT2D eigenvalue weighted by Gasteiger charge is 2.20. The van der Waals surface area contributed by atoms with Gasteiger partial charge in [-0.05, 0) is 108 Å². The quantitative estimate of drug-likeness (QED) is 0.246. The van der Waals surface area contributed by atoms with Crippen molar-refractivity contribution in [2.24, 2.45) is 0 Å². The maximum Gasteiger partial charge on any atom is 0.141 e. The van der Waals surface area contributed by atoms with Gasteiger partial charge in [0.15, 0.2) is 0 Å². The van der Waals surface area contributed by atoms with Crippen molar-refractivity contribution in [2.75, 3.05) is 50.0 Å². The standard InChI is InChI=1S/C22H30ClN3O2.C11H17N3/c1-4-27-20-13-17(14-21(22(20)23)28-5-2)15-26-10-7-18(8-11-26)25-19-6-9-24-16(3)12-19;1-9-8-11(4-7-13-9)14-10-2-5-12-6-3-10/h6,9,12-14,18H,4-5,7-8,10-11,15H2,1-3H3,(H,24,25);4,7-8,10,12H,2-3,5-6H2,1H3,(H,13,14). The van der Waals surface area contributed by atoms with Gasteiger partial charge in [0.25, 0.3) is 0 Å². The van der Waals surface area contributed by atoms with Crippen LogP contribution in [0.1, 0.15) is 56.5 Å². The molecule has 0 amide bonds. The lowest BCUT2D eigenvalue weighted by Gasteiger charge is -2.33. The second kappa shape index (κ2) is 16.5. The highest BCUT2D eigenvalue weighted by molar-refractivity contribution is 6.33. The molecule has 2 aliphatic heterocycles. The van der Waals surface area contributed by atoms with Crippen molar-refractivity contribution < 1.29 is 9.47 Å². The summed E-state index contributed by atoms with van der Waals surface area (Å²) in [7, 11) is 0. The number of anilines is 2. The predicted molar refractivity (Wildman–Crippen MR) is 173 cm³/mol. The Labute approximate surface area is 256 Å². The molecule has 2 fully saturated rings. The van der Waals surface area contributed by atoms with Gasteiger partial charge in [0.2, 0.25) is 0 Å². The molecule has 0 bridgehead atoms. The predicted octanol–water partition coefficient (Wildman–Crippen LogP) is 6.47. The van der Waals surface area contributed by atoms with E-state index in [0.29, 0.717) is 41.8 Å². The molecule has 0 saturated carbocycles. The molecule has 4 heterocycles. The largest absolute Gasteiger partial charge is 0.492 e. The Hall–Kier alpha value is -3.07. The summed E-state index contributed by atoms with van der Waals surface area (Å²) in [6.45, 7) is 14.4. The molecule has 2 aliphatic rings. The zero-order valence-corrected chi connectivity index (χ0v) is 26.3. The van der Waals surface area contributed by atoms with Crippen LogP contribution in [-0.4, -0.2) is 66.3 Å². The second-order valence-corrected chi connectivity index (χ2v) is 11.4. The maximum atomic E-state index is 6.41. The van der Waals surface area contributed by atoms with Crippen LogP contribution < -0.4 is 25.4 Å². The molecule has 42 heavy (non-hydrogen) atoms. The number of piperidine rings is 2. The van der Waals surface area contributed by atoms with E-state index in [1.807, 2.05) is 64.4 Å². The number of nitrogens with zero attached hydrogens (tertiary/aromatic N) is 3. The number of aryl methyl sites for hydroxylation is 2. The number of benzene rings is 1. The lowest BCUT2D eigenvalue weighted by Crippen LogP contribution is -2.38. The Morgan fingerprint density at radius 2 is 1.31 bits per heavy atom. The summed E-state index contributed by atoms with van der Waals surface area (Å²) in [6, 6.07) is 13.5. The van der Waals surface area contributed by atoms with Gasteiger partial charge in [-0.15, -0.1) is 0 Å². The first-order chi connectivity index (χ1) is 20.4. The Balaban J connectivity index is 0.000000241. The van der Waals surface area contributed by atoms with Crippen LogP contribution in [0, 0.1) is 13.8 Å². The third-order valence-electron chi connectivity index (χ3n) is 7.53. The Bertz CT molecular complexity index is 1220. The van der Waals surface area contributed by atoms with E-state index in [1.165, 1.54) is 24.1 Å². The van der Waals surface area contributed by atoms with E-state index in [4.69, 9.17) is 21.1 Å². The molecule has 0 aliphatic carbocycles. The zero-order valence-electron chi connectivity index (χ0n) is 25.6. The van der Waals surface area contributed by atoms with Crippen LogP contribution >= 0.6 is 11.6 Å². The summed E-state index contributed by atoms with van der Waals surface area (Å²) < 4.78 is 11.4. The number of halogens is 1. The van der Waals surface area contributed by atoms with Gasteiger partial charge in [0, 0.05) is 66.9 Å². The Morgan fingerprint density at radius 1 is 0.810 bits per heavy atom. The van der Waals surface area contributed by atoms with Crippen LogP contribution in [-0.2, 0) is 6.54 Å². The average Bonchev–Trinajstić information content (AvgIpc) is 2.98. The highest BCUT2D eigenvalue weighted by atomic mass is 35.5. The van der Waals surface area contributed by atoms with Crippen LogP contribution in [0.5, 0.6) is 11.5 Å². The minimum absolute atomic E-state index is 0.501. The zero-order chi connectivity index (χ0) is 29.7. The monoisotopic (exact) mass is 594 g/mol. The summed E-state index contributed by atoms with van der Waals surface area (Å²) in [5.74, 6) is 1.41. The fourth-order valence-corrected chi connectivity index (χ4v) is 5.66. The van der Waals surface area contributed by atoms with Crippen LogP contribution in [0.25, 0.3) is 0 Å². The highest BCUT2D eigenvalue weighted by Crippen LogP contribution is 2.36. The molecule has 1 aromatic carbocycles. The molecule has 3 aromatic rings. The summed E-state index contributed by atoms with van der Waals surface area (Å²) in [6.07, 6.45) is 8.37. The van der Waals surface area contributed by atoms with Gasteiger partial charge in [0.05, 0.1) is 13.2 Å². The minimum Gasteiger partial charge on any atom is -0.492 e. The molecular weight excluding hydrogens is 548 g/mol. The normalized spacial score (nSPS) is 16.3. The van der Waals surface area contributed by atoms with Crippen molar-refractivity contribution in [3.8, 4) is 11.5 Å². The molecule has 0 atom stereocenters. The molecule has 3 N–H and O–H groups in total. The van der Waals surface area contributed by atoms with Gasteiger partial charge in [-0.25, -0.2) is 0 Å². The molecule has 2 aromatic heterocycles. The number of aromatic nitrogens is 2. The fourth-order valence-electron chi connectivity index (χ4n) is 5.44. The van der Waals surface area contributed by atoms with Crippen molar-refractivity contribution in [2.45, 2.75) is 72.0 Å². The molecule has 2 saturated heterocycles. The van der Waals surface area contributed by atoms with Crippen LogP contribution in [0.4, 0.5) is 11.4 Å². The third kappa shape index (κ3) is 10.0. The number of nitrogens with one attached hydrogen (secondary N) is 3. The van der Waals surface area contributed by atoms with Crippen molar-refractivity contribution in [3.05, 3.63) is 70.8 Å². The first-order valence-electron chi connectivity index (χ1n) is 15.3. The summed E-state index contributed by atoms with van der Waals surface area (Å²) in [4.78, 5) is 10.9. The minimum atomic E-state index is 0.501. The number of rotatable bonds is 10. The van der Waals surface area contributed by atoms with Gasteiger partial charge < -0.3 is 25.4 Å². The number of ether oxygens (including phenoxy) is 2. The molecule has 0 unspecified atom stereocenters. The Morgan fingerprint density at radius 3 is 1.79 bits per heavy atom.